The number of nitrogens with two attached hydrogens (primary N) is 1. The molecule has 15 heavy (non-hydrogen) atoms. The lowest BCUT2D eigenvalue weighted by Crippen LogP contribution is -2.27. The van der Waals surface area contributed by atoms with Crippen molar-refractivity contribution in [2.24, 2.45) is 0 Å². The number of rotatable bonds is 4. The zero-order valence-corrected chi connectivity index (χ0v) is 8.83. The molecule has 0 aromatic carbocycles. The van der Waals surface area contributed by atoms with Gasteiger partial charge in [-0.15, -0.1) is 11.6 Å². The fourth-order valence-corrected chi connectivity index (χ4v) is 1.38. The Hall–Kier alpha value is -1.14. The average Bonchev–Trinajstić information content (AvgIpc) is 2.97. The molecule has 1 aliphatic carbocycles. The second-order valence-electron chi connectivity index (χ2n) is 3.63. The lowest BCUT2D eigenvalue weighted by atomic mass is 10.3. The van der Waals surface area contributed by atoms with Crippen molar-refractivity contribution in [2.75, 3.05) is 17.7 Å². The first-order chi connectivity index (χ1) is 7.17. The van der Waals surface area contributed by atoms with Crippen molar-refractivity contribution in [1.29, 1.82) is 0 Å². The van der Waals surface area contributed by atoms with E-state index in [1.165, 1.54) is 0 Å². The number of nitrogen functional groups attached to an aromatic ring is 1. The monoisotopic (exact) mass is 229 g/mol. The molecular formula is C8H12ClN5O. The molecule has 7 heteroatoms. The Labute approximate surface area is 91.9 Å². The van der Waals surface area contributed by atoms with Gasteiger partial charge in [0.25, 0.3) is 0 Å². The molecular weight excluding hydrogens is 218 g/mol. The van der Waals surface area contributed by atoms with Crippen LogP contribution in [0.25, 0.3) is 0 Å². The van der Waals surface area contributed by atoms with E-state index in [0.29, 0.717) is 11.8 Å². The Morgan fingerprint density at radius 1 is 1.40 bits per heavy atom. The maximum absolute atomic E-state index is 9.12. The fourth-order valence-electron chi connectivity index (χ4n) is 1.26. The molecule has 0 radical (unpaired) electrons. The van der Waals surface area contributed by atoms with Gasteiger partial charge in [-0.25, -0.2) is 0 Å². The van der Waals surface area contributed by atoms with Gasteiger partial charge in [-0.1, -0.05) is 0 Å². The molecule has 0 atom stereocenters. The van der Waals surface area contributed by atoms with Gasteiger partial charge < -0.3 is 16.2 Å². The summed E-state index contributed by atoms with van der Waals surface area (Å²) in [5.74, 6) is 1.13. The van der Waals surface area contributed by atoms with Crippen LogP contribution in [0.5, 0.6) is 0 Å². The van der Waals surface area contributed by atoms with Crippen LogP contribution in [0.1, 0.15) is 18.7 Å². The zero-order valence-electron chi connectivity index (χ0n) is 8.07. The van der Waals surface area contributed by atoms with Crippen LogP contribution >= 0.6 is 11.6 Å². The molecule has 0 bridgehead atoms. The highest BCUT2D eigenvalue weighted by atomic mass is 35.5. The number of nitrogens with zero attached hydrogens (tertiary/aromatic N) is 3. The molecule has 0 unspecified atom stereocenters. The molecule has 1 heterocycles. The molecule has 82 valence electrons. The van der Waals surface area contributed by atoms with Crippen molar-refractivity contribution in [1.82, 2.24) is 15.0 Å². The number of anilines is 2. The third-order valence-electron chi connectivity index (χ3n) is 2.35. The minimum Gasteiger partial charge on any atom is -0.394 e. The molecule has 0 aliphatic heterocycles. The van der Waals surface area contributed by atoms with Gasteiger partial charge in [0.05, 0.1) is 18.0 Å². The molecule has 0 saturated heterocycles. The molecule has 4 N–H and O–H groups in total. The van der Waals surface area contributed by atoms with Crippen molar-refractivity contribution >= 4 is 23.5 Å². The highest BCUT2D eigenvalue weighted by Gasteiger charge is 2.42. The van der Waals surface area contributed by atoms with E-state index in [0.717, 1.165) is 12.8 Å². The number of hydrogen-bond donors (Lipinski definition) is 3. The van der Waals surface area contributed by atoms with Gasteiger partial charge in [0, 0.05) is 0 Å². The topological polar surface area (TPSA) is 97.0 Å². The number of aliphatic hydroxyl groups is 1. The first-order valence-electron chi connectivity index (χ1n) is 4.63. The van der Waals surface area contributed by atoms with Gasteiger partial charge in [0.15, 0.2) is 5.82 Å². The summed E-state index contributed by atoms with van der Waals surface area (Å²) in [6.45, 7) is 0.0643. The normalized spacial score (nSPS) is 17.5. The van der Waals surface area contributed by atoms with Crippen molar-refractivity contribution in [2.45, 2.75) is 24.3 Å². The zero-order chi connectivity index (χ0) is 10.9. The molecule has 6 nitrogen and oxygen atoms in total. The molecule has 1 aliphatic rings. The molecule has 1 saturated carbocycles. The second kappa shape index (κ2) is 3.79. The van der Waals surface area contributed by atoms with Crippen LogP contribution in [-0.2, 0) is 5.88 Å². The highest BCUT2D eigenvalue weighted by molar-refractivity contribution is 6.16. The summed E-state index contributed by atoms with van der Waals surface area (Å²) in [5, 5.41) is 12.2. The predicted molar refractivity (Wildman–Crippen MR) is 56.5 cm³/mol. The predicted octanol–water partition coefficient (Wildman–Crippen LogP) is 0.129. The summed E-state index contributed by atoms with van der Waals surface area (Å²) in [6, 6.07) is 0. The van der Waals surface area contributed by atoms with E-state index in [1.54, 1.807) is 0 Å². The van der Waals surface area contributed by atoms with Gasteiger partial charge in [0.2, 0.25) is 11.9 Å². The van der Waals surface area contributed by atoms with Crippen LogP contribution in [0, 0.1) is 0 Å². The number of nitrogens with one attached hydrogen (secondary N) is 1. The number of aromatic nitrogens is 3. The quantitative estimate of drug-likeness (QED) is 0.635. The smallest absolute Gasteiger partial charge is 0.228 e. The van der Waals surface area contributed by atoms with Gasteiger partial charge in [-0.05, 0) is 12.8 Å². The SMILES string of the molecule is Nc1nc(CCl)nc(NC2(CO)CC2)n1. The van der Waals surface area contributed by atoms with Crippen LogP contribution < -0.4 is 11.1 Å². The van der Waals surface area contributed by atoms with E-state index in [4.69, 9.17) is 22.4 Å². The Bertz CT molecular complexity index is 368. The van der Waals surface area contributed by atoms with Crippen LogP contribution in [0.2, 0.25) is 0 Å². The van der Waals surface area contributed by atoms with Gasteiger partial charge in [0.1, 0.15) is 0 Å². The van der Waals surface area contributed by atoms with E-state index in [2.05, 4.69) is 20.3 Å². The Kier molecular flexibility index (Phi) is 2.62. The van der Waals surface area contributed by atoms with Crippen molar-refractivity contribution in [3.05, 3.63) is 5.82 Å². The maximum Gasteiger partial charge on any atom is 0.228 e. The van der Waals surface area contributed by atoms with E-state index < -0.39 is 0 Å². The van der Waals surface area contributed by atoms with Gasteiger partial charge in [-0.3, -0.25) is 0 Å². The van der Waals surface area contributed by atoms with Gasteiger partial charge >= 0.3 is 0 Å². The molecule has 2 rings (SSSR count). The molecule has 0 spiro atoms. The standard InChI is InChI=1S/C8H12ClN5O/c9-3-5-11-6(10)13-7(12-5)14-8(4-15)1-2-8/h15H,1-4H2,(H3,10,11,12,13,14). The van der Waals surface area contributed by atoms with E-state index >= 15 is 0 Å². The number of halogens is 1. The summed E-state index contributed by atoms with van der Waals surface area (Å²) in [7, 11) is 0. The third-order valence-corrected chi connectivity index (χ3v) is 2.59. The molecule has 1 aromatic heterocycles. The van der Waals surface area contributed by atoms with Crippen LogP contribution in [0.3, 0.4) is 0 Å². The van der Waals surface area contributed by atoms with Crippen LogP contribution in [-0.4, -0.2) is 32.2 Å². The van der Waals surface area contributed by atoms with E-state index in [9.17, 15) is 0 Å². The minimum atomic E-state index is -0.266. The number of aliphatic hydroxyl groups excluding tert-OH is 1. The fraction of sp³-hybridized carbons (Fsp3) is 0.625. The van der Waals surface area contributed by atoms with Crippen LogP contribution in [0.15, 0.2) is 0 Å². The first-order valence-corrected chi connectivity index (χ1v) is 5.16. The summed E-state index contributed by atoms with van der Waals surface area (Å²) >= 11 is 5.61. The third kappa shape index (κ3) is 2.27. The summed E-state index contributed by atoms with van der Waals surface area (Å²) in [5.41, 5.74) is 5.23. The highest BCUT2D eigenvalue weighted by Crippen LogP contribution is 2.37. The van der Waals surface area contributed by atoms with Crippen molar-refractivity contribution in [3.63, 3.8) is 0 Å². The number of hydrogen-bond acceptors (Lipinski definition) is 6. The molecule has 1 fully saturated rings. The Balaban J connectivity index is 2.17. The van der Waals surface area contributed by atoms with Gasteiger partial charge in [-0.2, -0.15) is 15.0 Å². The van der Waals surface area contributed by atoms with E-state index in [-0.39, 0.29) is 24.0 Å². The van der Waals surface area contributed by atoms with Crippen molar-refractivity contribution < 1.29 is 5.11 Å². The lowest BCUT2D eigenvalue weighted by Gasteiger charge is -2.14. The first kappa shape index (κ1) is 10.4. The maximum atomic E-state index is 9.12. The summed E-state index contributed by atoms with van der Waals surface area (Å²) in [4.78, 5) is 11.8. The van der Waals surface area contributed by atoms with Crippen molar-refractivity contribution in [3.8, 4) is 0 Å². The summed E-state index contributed by atoms with van der Waals surface area (Å²) in [6.07, 6.45) is 1.82. The largest absolute Gasteiger partial charge is 0.394 e. The lowest BCUT2D eigenvalue weighted by molar-refractivity contribution is 0.265. The van der Waals surface area contributed by atoms with Crippen LogP contribution in [0.4, 0.5) is 11.9 Å². The number of alkyl halides is 1. The van der Waals surface area contributed by atoms with E-state index in [1.807, 2.05) is 0 Å². The average molecular weight is 230 g/mol. The second-order valence-corrected chi connectivity index (χ2v) is 3.90. The molecule has 0 amide bonds. The summed E-state index contributed by atoms with van der Waals surface area (Å²) < 4.78 is 0. The minimum absolute atomic E-state index is 0.0643. The Morgan fingerprint density at radius 3 is 2.67 bits per heavy atom. The Morgan fingerprint density at radius 2 is 2.13 bits per heavy atom. The molecule has 1 aromatic rings.